The molecule has 0 aromatic heterocycles. The van der Waals surface area contributed by atoms with Gasteiger partial charge in [0.1, 0.15) is 0 Å². The van der Waals surface area contributed by atoms with Gasteiger partial charge in [0.25, 0.3) is 0 Å². The molecule has 4 nitrogen and oxygen atoms in total. The highest BCUT2D eigenvalue weighted by Crippen LogP contribution is 2.48. The number of rotatable bonds is 12. The van der Waals surface area contributed by atoms with Gasteiger partial charge in [0.2, 0.25) is 0 Å². The maximum Gasteiger partial charge on any atom is 0.0721 e. The van der Waals surface area contributed by atoms with Gasteiger partial charge in [0.05, 0.1) is 12.2 Å². The molecule has 0 aromatic rings. The summed E-state index contributed by atoms with van der Waals surface area (Å²) in [4.78, 5) is 5.04. The molecule has 0 radical (unpaired) electrons. The standard InChI is InChI=1S/C26H46N2O2/c1-3-4-6-10-23(29)11-12-24-25-19-21(18-22(25)20-26(24)30)9-7-5-8-13-28-16-14-27(2)15-17-28/h11-12,18,22-26,29-30H,3-10,13-17,19-20H2,1-2H3/t22-,23-,24+,25-,26+/m0/s1. The molecule has 0 unspecified atom stereocenters. The van der Waals surface area contributed by atoms with E-state index in [0.717, 1.165) is 25.7 Å². The Labute approximate surface area is 185 Å². The number of aliphatic hydroxyl groups excluding tert-OH is 2. The molecule has 3 rings (SSSR count). The molecule has 0 aromatic carbocycles. The van der Waals surface area contributed by atoms with E-state index in [1.54, 1.807) is 5.57 Å². The van der Waals surface area contributed by atoms with E-state index in [-0.39, 0.29) is 18.1 Å². The second-order valence-electron chi connectivity index (χ2n) is 10.1. The molecular formula is C26H46N2O2. The second kappa shape index (κ2) is 12.4. The molecule has 172 valence electrons. The lowest BCUT2D eigenvalue weighted by Crippen LogP contribution is -2.44. The van der Waals surface area contributed by atoms with Gasteiger partial charge in [-0.3, -0.25) is 0 Å². The predicted molar refractivity (Wildman–Crippen MR) is 125 cm³/mol. The molecule has 1 saturated heterocycles. The Kier molecular flexibility index (Phi) is 9.89. The number of aliphatic hydroxyl groups is 2. The van der Waals surface area contributed by atoms with Crippen molar-refractivity contribution >= 4 is 0 Å². The van der Waals surface area contributed by atoms with Crippen molar-refractivity contribution in [3.8, 4) is 0 Å². The van der Waals surface area contributed by atoms with E-state index in [0.29, 0.717) is 11.8 Å². The highest BCUT2D eigenvalue weighted by atomic mass is 16.3. The van der Waals surface area contributed by atoms with E-state index in [1.807, 2.05) is 6.08 Å². The van der Waals surface area contributed by atoms with Crippen molar-refractivity contribution in [3.63, 3.8) is 0 Å². The first-order valence-corrected chi connectivity index (χ1v) is 12.7. The molecule has 3 aliphatic rings. The maximum absolute atomic E-state index is 10.5. The lowest BCUT2D eigenvalue weighted by Gasteiger charge is -2.32. The molecule has 30 heavy (non-hydrogen) atoms. The topological polar surface area (TPSA) is 46.9 Å². The van der Waals surface area contributed by atoms with Crippen molar-refractivity contribution in [1.82, 2.24) is 9.80 Å². The van der Waals surface area contributed by atoms with E-state index in [1.165, 1.54) is 71.2 Å². The first kappa shape index (κ1) is 24.0. The summed E-state index contributed by atoms with van der Waals surface area (Å²) in [5.41, 5.74) is 1.62. The van der Waals surface area contributed by atoms with E-state index >= 15 is 0 Å². The molecule has 4 heteroatoms. The van der Waals surface area contributed by atoms with E-state index in [2.05, 4.69) is 35.9 Å². The first-order chi connectivity index (χ1) is 14.6. The van der Waals surface area contributed by atoms with Crippen molar-refractivity contribution in [2.75, 3.05) is 39.8 Å². The fourth-order valence-corrected chi connectivity index (χ4v) is 5.68. The number of piperazine rings is 1. The van der Waals surface area contributed by atoms with Crippen LogP contribution in [0.4, 0.5) is 0 Å². The van der Waals surface area contributed by atoms with Crippen LogP contribution in [0.1, 0.15) is 71.1 Å². The van der Waals surface area contributed by atoms with Crippen LogP contribution in [0, 0.1) is 17.8 Å². The number of nitrogens with zero attached hydrogens (tertiary/aromatic N) is 2. The third kappa shape index (κ3) is 7.19. The Morgan fingerprint density at radius 2 is 1.90 bits per heavy atom. The quantitative estimate of drug-likeness (QED) is 0.368. The lowest BCUT2D eigenvalue weighted by atomic mass is 9.88. The van der Waals surface area contributed by atoms with Crippen LogP contribution in [-0.4, -0.2) is 72.0 Å². The van der Waals surface area contributed by atoms with Crippen molar-refractivity contribution in [1.29, 1.82) is 0 Å². The van der Waals surface area contributed by atoms with Gasteiger partial charge in [-0.25, -0.2) is 0 Å². The van der Waals surface area contributed by atoms with Crippen LogP contribution in [0.25, 0.3) is 0 Å². The lowest BCUT2D eigenvalue weighted by molar-refractivity contribution is 0.139. The van der Waals surface area contributed by atoms with Crippen LogP contribution in [0.2, 0.25) is 0 Å². The Bertz CT molecular complexity index is 553. The minimum Gasteiger partial charge on any atom is -0.392 e. The van der Waals surface area contributed by atoms with Crippen LogP contribution < -0.4 is 0 Å². The van der Waals surface area contributed by atoms with Crippen molar-refractivity contribution in [2.45, 2.75) is 83.3 Å². The van der Waals surface area contributed by atoms with Crippen LogP contribution in [0.5, 0.6) is 0 Å². The molecule has 2 N–H and O–H groups in total. The molecule has 2 fully saturated rings. The highest BCUT2D eigenvalue weighted by molar-refractivity contribution is 5.21. The Morgan fingerprint density at radius 3 is 2.67 bits per heavy atom. The minimum absolute atomic E-state index is 0.224. The summed E-state index contributed by atoms with van der Waals surface area (Å²) in [6.45, 7) is 8.35. The average molecular weight is 419 g/mol. The van der Waals surface area contributed by atoms with E-state index in [4.69, 9.17) is 0 Å². The maximum atomic E-state index is 10.5. The van der Waals surface area contributed by atoms with Crippen LogP contribution >= 0.6 is 0 Å². The number of unbranched alkanes of at least 4 members (excludes halogenated alkanes) is 4. The zero-order valence-electron chi connectivity index (χ0n) is 19.5. The van der Waals surface area contributed by atoms with Crippen molar-refractivity contribution in [3.05, 3.63) is 23.8 Å². The third-order valence-electron chi connectivity index (χ3n) is 7.68. The van der Waals surface area contributed by atoms with E-state index in [9.17, 15) is 10.2 Å². The number of hydrogen-bond donors (Lipinski definition) is 2. The second-order valence-corrected chi connectivity index (χ2v) is 10.1. The average Bonchev–Trinajstić information content (AvgIpc) is 3.24. The van der Waals surface area contributed by atoms with E-state index < -0.39 is 0 Å². The van der Waals surface area contributed by atoms with Gasteiger partial charge in [-0.05, 0) is 64.0 Å². The minimum atomic E-state index is -0.350. The number of likely N-dealkylation sites (N-methyl/N-ethyl adjacent to an activating group) is 1. The normalized spacial score (nSPS) is 31.4. The summed E-state index contributed by atoms with van der Waals surface area (Å²) in [6.07, 6.45) is 17.5. The molecule has 5 atom stereocenters. The van der Waals surface area contributed by atoms with Gasteiger partial charge in [-0.2, -0.15) is 0 Å². The van der Waals surface area contributed by atoms with Gasteiger partial charge >= 0.3 is 0 Å². The number of allylic oxidation sites excluding steroid dienone is 2. The summed E-state index contributed by atoms with van der Waals surface area (Å²) in [5.74, 6) is 1.33. The summed E-state index contributed by atoms with van der Waals surface area (Å²) < 4.78 is 0. The summed E-state index contributed by atoms with van der Waals surface area (Å²) >= 11 is 0. The van der Waals surface area contributed by atoms with Crippen molar-refractivity contribution < 1.29 is 10.2 Å². The number of hydrogen-bond acceptors (Lipinski definition) is 4. The molecule has 1 aliphatic heterocycles. The monoisotopic (exact) mass is 418 g/mol. The smallest absolute Gasteiger partial charge is 0.0721 e. The van der Waals surface area contributed by atoms with Gasteiger partial charge in [0, 0.05) is 32.1 Å². The molecule has 0 bridgehead atoms. The molecule has 2 aliphatic carbocycles. The summed E-state index contributed by atoms with van der Waals surface area (Å²) in [7, 11) is 2.22. The Balaban J connectivity index is 1.33. The first-order valence-electron chi connectivity index (χ1n) is 12.7. The SMILES string of the molecule is CCCCC[C@H](O)C=C[C@@H]1[C@H]2CC(CCCCCN3CCN(C)CC3)=C[C@H]2C[C@H]1O. The molecule has 0 amide bonds. The van der Waals surface area contributed by atoms with Crippen LogP contribution in [-0.2, 0) is 0 Å². The van der Waals surface area contributed by atoms with Gasteiger partial charge in [-0.15, -0.1) is 0 Å². The Hall–Kier alpha value is -0.680. The van der Waals surface area contributed by atoms with Gasteiger partial charge in [-0.1, -0.05) is 56.4 Å². The predicted octanol–water partition coefficient (Wildman–Crippen LogP) is 4.23. The largest absolute Gasteiger partial charge is 0.392 e. The third-order valence-corrected chi connectivity index (χ3v) is 7.68. The summed E-state index contributed by atoms with van der Waals surface area (Å²) in [6, 6.07) is 0. The molecule has 1 heterocycles. The molecule has 0 spiro atoms. The van der Waals surface area contributed by atoms with Crippen molar-refractivity contribution in [2.24, 2.45) is 17.8 Å². The van der Waals surface area contributed by atoms with Gasteiger partial charge < -0.3 is 20.0 Å². The Morgan fingerprint density at radius 1 is 1.10 bits per heavy atom. The fourth-order valence-electron chi connectivity index (χ4n) is 5.68. The highest BCUT2D eigenvalue weighted by Gasteiger charge is 2.43. The molecular weight excluding hydrogens is 372 g/mol. The van der Waals surface area contributed by atoms with Crippen LogP contribution in [0.15, 0.2) is 23.8 Å². The molecule has 1 saturated carbocycles. The summed E-state index contributed by atoms with van der Waals surface area (Å²) in [5, 5.41) is 20.7. The zero-order valence-corrected chi connectivity index (χ0v) is 19.5. The fraction of sp³-hybridized carbons (Fsp3) is 0.846. The van der Waals surface area contributed by atoms with Gasteiger partial charge in [0.15, 0.2) is 0 Å². The zero-order chi connectivity index (χ0) is 21.3. The number of fused-ring (bicyclic) bond motifs is 1. The van der Waals surface area contributed by atoms with Crippen LogP contribution in [0.3, 0.4) is 0 Å².